The molecule has 0 aliphatic carbocycles. The summed E-state index contributed by atoms with van der Waals surface area (Å²) >= 11 is 0. The van der Waals surface area contributed by atoms with Gasteiger partial charge in [0, 0.05) is 0 Å². The molecular formula is C9H14O6. The Morgan fingerprint density at radius 3 is 1.80 bits per heavy atom. The van der Waals surface area contributed by atoms with Gasteiger partial charge in [0.1, 0.15) is 6.79 Å². The number of hydrogen-bond acceptors (Lipinski definition) is 6. The highest BCUT2D eigenvalue weighted by molar-refractivity contribution is 5.86. The lowest BCUT2D eigenvalue weighted by atomic mass is 10.2. The molecule has 1 aliphatic rings. The van der Waals surface area contributed by atoms with Crippen LogP contribution in [-0.4, -0.2) is 44.2 Å². The molecule has 6 heteroatoms. The van der Waals surface area contributed by atoms with E-state index in [1.54, 1.807) is 13.8 Å². The van der Waals surface area contributed by atoms with Gasteiger partial charge in [-0.05, 0) is 13.8 Å². The zero-order valence-electron chi connectivity index (χ0n) is 8.73. The smallest absolute Gasteiger partial charge is 0.338 e. The SMILES string of the molecule is CCOC(=O)[C@H]1OCO[C@H]1C(=O)OCC. The van der Waals surface area contributed by atoms with Crippen molar-refractivity contribution in [2.45, 2.75) is 26.1 Å². The quantitative estimate of drug-likeness (QED) is 0.611. The first-order chi connectivity index (χ1) is 7.20. The maximum atomic E-state index is 11.3. The Bertz CT molecular complexity index is 215. The van der Waals surface area contributed by atoms with Crippen LogP contribution in [0, 0.1) is 0 Å². The minimum atomic E-state index is -1.01. The van der Waals surface area contributed by atoms with Crippen molar-refractivity contribution in [3.8, 4) is 0 Å². The molecule has 0 spiro atoms. The van der Waals surface area contributed by atoms with Gasteiger partial charge in [0.05, 0.1) is 13.2 Å². The molecule has 0 amide bonds. The van der Waals surface area contributed by atoms with Crippen LogP contribution in [0.1, 0.15) is 13.8 Å². The minimum absolute atomic E-state index is 0.104. The summed E-state index contributed by atoms with van der Waals surface area (Å²) < 4.78 is 19.4. The predicted molar refractivity (Wildman–Crippen MR) is 47.9 cm³/mol. The molecule has 86 valence electrons. The Kier molecular flexibility index (Phi) is 4.51. The van der Waals surface area contributed by atoms with Crippen molar-refractivity contribution < 1.29 is 28.5 Å². The van der Waals surface area contributed by atoms with E-state index >= 15 is 0 Å². The molecule has 1 aliphatic heterocycles. The van der Waals surface area contributed by atoms with E-state index in [4.69, 9.17) is 18.9 Å². The Labute approximate surface area is 87.4 Å². The molecule has 0 radical (unpaired) electrons. The van der Waals surface area contributed by atoms with Crippen molar-refractivity contribution in [2.24, 2.45) is 0 Å². The molecule has 1 heterocycles. The maximum absolute atomic E-state index is 11.3. The van der Waals surface area contributed by atoms with E-state index in [0.717, 1.165) is 0 Å². The van der Waals surface area contributed by atoms with Crippen LogP contribution in [0.5, 0.6) is 0 Å². The molecule has 6 nitrogen and oxygen atoms in total. The molecule has 0 aromatic carbocycles. The maximum Gasteiger partial charge on any atom is 0.338 e. The third-order valence-electron chi connectivity index (χ3n) is 1.81. The summed E-state index contributed by atoms with van der Waals surface area (Å²) in [6.45, 7) is 3.70. The summed E-state index contributed by atoms with van der Waals surface area (Å²) in [5.74, 6) is -1.21. The average Bonchev–Trinajstić information content (AvgIpc) is 2.66. The highest BCUT2D eigenvalue weighted by Gasteiger charge is 2.42. The fourth-order valence-corrected chi connectivity index (χ4v) is 1.19. The molecule has 1 fully saturated rings. The van der Waals surface area contributed by atoms with Crippen molar-refractivity contribution in [1.29, 1.82) is 0 Å². The normalized spacial score (nSPS) is 24.9. The van der Waals surface area contributed by atoms with Crippen molar-refractivity contribution in [3.63, 3.8) is 0 Å². The molecule has 1 saturated heterocycles. The van der Waals surface area contributed by atoms with Gasteiger partial charge in [0.25, 0.3) is 0 Å². The molecule has 15 heavy (non-hydrogen) atoms. The molecule has 0 N–H and O–H groups in total. The van der Waals surface area contributed by atoms with Crippen molar-refractivity contribution in [3.05, 3.63) is 0 Å². The molecular weight excluding hydrogens is 204 g/mol. The summed E-state index contributed by atoms with van der Waals surface area (Å²) in [5, 5.41) is 0. The van der Waals surface area contributed by atoms with Crippen molar-refractivity contribution in [1.82, 2.24) is 0 Å². The van der Waals surface area contributed by atoms with Crippen LogP contribution in [0.3, 0.4) is 0 Å². The highest BCUT2D eigenvalue weighted by Crippen LogP contribution is 2.15. The van der Waals surface area contributed by atoms with Crippen LogP contribution >= 0.6 is 0 Å². The summed E-state index contributed by atoms with van der Waals surface area (Å²) in [6.07, 6.45) is -2.02. The predicted octanol–water partition coefficient (Wildman–Crippen LogP) is -0.146. The van der Waals surface area contributed by atoms with Crippen LogP contribution in [0.2, 0.25) is 0 Å². The van der Waals surface area contributed by atoms with Crippen molar-refractivity contribution in [2.75, 3.05) is 20.0 Å². The van der Waals surface area contributed by atoms with Gasteiger partial charge in [-0.1, -0.05) is 0 Å². The number of carbonyl (C=O) groups is 2. The molecule has 0 saturated carbocycles. The van der Waals surface area contributed by atoms with Gasteiger partial charge in [-0.25, -0.2) is 9.59 Å². The van der Waals surface area contributed by atoms with E-state index in [1.807, 2.05) is 0 Å². The summed E-state index contributed by atoms with van der Waals surface area (Å²) in [5.41, 5.74) is 0. The van der Waals surface area contributed by atoms with Gasteiger partial charge in [-0.15, -0.1) is 0 Å². The molecule has 1 rings (SSSR count). The second-order valence-corrected chi connectivity index (χ2v) is 2.80. The van der Waals surface area contributed by atoms with Crippen LogP contribution in [0.4, 0.5) is 0 Å². The second-order valence-electron chi connectivity index (χ2n) is 2.80. The van der Waals surface area contributed by atoms with Gasteiger partial charge < -0.3 is 18.9 Å². The number of esters is 2. The minimum Gasteiger partial charge on any atom is -0.464 e. The second kappa shape index (κ2) is 5.67. The first kappa shape index (κ1) is 11.9. The highest BCUT2D eigenvalue weighted by atomic mass is 16.7. The van der Waals surface area contributed by atoms with Crippen LogP contribution in [0.15, 0.2) is 0 Å². The van der Waals surface area contributed by atoms with E-state index in [9.17, 15) is 9.59 Å². The Balaban J connectivity index is 2.56. The Morgan fingerprint density at radius 2 is 1.47 bits per heavy atom. The van der Waals surface area contributed by atoms with Crippen LogP contribution in [0.25, 0.3) is 0 Å². The first-order valence-electron chi connectivity index (χ1n) is 4.77. The monoisotopic (exact) mass is 218 g/mol. The molecule has 0 aromatic rings. The van der Waals surface area contributed by atoms with Gasteiger partial charge in [0.15, 0.2) is 12.2 Å². The van der Waals surface area contributed by atoms with Crippen molar-refractivity contribution >= 4 is 11.9 Å². The van der Waals surface area contributed by atoms with Crippen LogP contribution in [-0.2, 0) is 28.5 Å². The van der Waals surface area contributed by atoms with E-state index < -0.39 is 24.1 Å². The lowest BCUT2D eigenvalue weighted by Crippen LogP contribution is -2.39. The first-order valence-corrected chi connectivity index (χ1v) is 4.77. The molecule has 0 bridgehead atoms. The molecule has 0 unspecified atom stereocenters. The third kappa shape index (κ3) is 2.90. The van der Waals surface area contributed by atoms with E-state index in [2.05, 4.69) is 0 Å². The van der Waals surface area contributed by atoms with Crippen LogP contribution < -0.4 is 0 Å². The van der Waals surface area contributed by atoms with Gasteiger partial charge in [0.2, 0.25) is 0 Å². The lowest BCUT2D eigenvalue weighted by Gasteiger charge is -2.13. The number of rotatable bonds is 4. The zero-order valence-corrected chi connectivity index (χ0v) is 8.73. The van der Waals surface area contributed by atoms with E-state index in [-0.39, 0.29) is 20.0 Å². The van der Waals surface area contributed by atoms with E-state index in [1.165, 1.54) is 0 Å². The molecule has 0 aromatic heterocycles. The fraction of sp³-hybridized carbons (Fsp3) is 0.778. The van der Waals surface area contributed by atoms with Gasteiger partial charge in [-0.2, -0.15) is 0 Å². The lowest BCUT2D eigenvalue weighted by molar-refractivity contribution is -0.163. The average molecular weight is 218 g/mol. The van der Waals surface area contributed by atoms with Gasteiger partial charge >= 0.3 is 11.9 Å². The summed E-state index contributed by atoms with van der Waals surface area (Å²) in [6, 6.07) is 0. The number of ether oxygens (including phenoxy) is 4. The van der Waals surface area contributed by atoms with Gasteiger partial charge in [-0.3, -0.25) is 0 Å². The number of carbonyl (C=O) groups excluding carboxylic acids is 2. The number of hydrogen-bond donors (Lipinski definition) is 0. The Hall–Kier alpha value is -1.14. The summed E-state index contributed by atoms with van der Waals surface area (Å²) in [7, 11) is 0. The van der Waals surface area contributed by atoms with E-state index in [0.29, 0.717) is 0 Å². The summed E-state index contributed by atoms with van der Waals surface area (Å²) in [4.78, 5) is 22.7. The third-order valence-corrected chi connectivity index (χ3v) is 1.81. The standard InChI is InChI=1S/C9H14O6/c1-3-12-8(10)6-7(15-5-14-6)9(11)13-4-2/h6-7H,3-5H2,1-2H3/t6-,7+. The molecule has 2 atom stereocenters. The fourth-order valence-electron chi connectivity index (χ4n) is 1.19. The zero-order chi connectivity index (χ0) is 11.3. The largest absolute Gasteiger partial charge is 0.464 e. The topological polar surface area (TPSA) is 71.1 Å². The Morgan fingerprint density at radius 1 is 1.07 bits per heavy atom.